The van der Waals surface area contributed by atoms with Crippen molar-refractivity contribution >= 4 is 0 Å². The van der Waals surface area contributed by atoms with Crippen molar-refractivity contribution in [3.63, 3.8) is 0 Å². The van der Waals surface area contributed by atoms with E-state index in [4.69, 9.17) is 0 Å². The van der Waals surface area contributed by atoms with E-state index in [1.165, 1.54) is 11.4 Å². The van der Waals surface area contributed by atoms with Gasteiger partial charge in [-0.15, -0.1) is 0 Å². The van der Waals surface area contributed by atoms with E-state index >= 15 is 0 Å². The first kappa shape index (κ1) is 15.2. The minimum absolute atomic E-state index is 0.500. The molecule has 4 heteroatoms. The van der Waals surface area contributed by atoms with Crippen molar-refractivity contribution in [3.8, 4) is 0 Å². The second-order valence-corrected chi connectivity index (χ2v) is 4.93. The van der Waals surface area contributed by atoms with Crippen LogP contribution < -0.4 is 5.32 Å². The number of rotatable bonds is 8. The zero-order valence-electron chi connectivity index (χ0n) is 12.5. The molecule has 0 amide bonds. The van der Waals surface area contributed by atoms with Crippen molar-refractivity contribution in [1.82, 2.24) is 20.0 Å². The normalized spacial score (nSPS) is 13.2. The number of aromatic nitrogens is 2. The number of likely N-dealkylation sites (N-methyl/N-ethyl adjacent to an activating group) is 1. The molecule has 0 aliphatic rings. The van der Waals surface area contributed by atoms with Crippen LogP contribution in [0.25, 0.3) is 0 Å². The van der Waals surface area contributed by atoms with E-state index in [-0.39, 0.29) is 0 Å². The van der Waals surface area contributed by atoms with E-state index in [0.717, 1.165) is 32.6 Å². The van der Waals surface area contributed by atoms with Gasteiger partial charge in [-0.3, -0.25) is 4.68 Å². The van der Waals surface area contributed by atoms with Crippen molar-refractivity contribution in [1.29, 1.82) is 0 Å². The summed E-state index contributed by atoms with van der Waals surface area (Å²) in [6.45, 7) is 12.7. The van der Waals surface area contributed by atoms with E-state index in [1.54, 1.807) is 0 Å². The summed E-state index contributed by atoms with van der Waals surface area (Å²) >= 11 is 0. The van der Waals surface area contributed by atoms with Crippen LogP contribution >= 0.6 is 0 Å². The number of nitrogens with zero attached hydrogens (tertiary/aromatic N) is 3. The average Bonchev–Trinajstić information content (AvgIpc) is 2.78. The minimum atomic E-state index is 0.500. The fourth-order valence-electron chi connectivity index (χ4n) is 2.04. The van der Waals surface area contributed by atoms with Crippen LogP contribution in [0, 0.1) is 0 Å². The maximum absolute atomic E-state index is 4.57. The monoisotopic (exact) mass is 252 g/mol. The van der Waals surface area contributed by atoms with Gasteiger partial charge in [0.2, 0.25) is 0 Å². The molecule has 0 aliphatic heterocycles. The Labute approximate surface area is 111 Å². The third kappa shape index (κ3) is 4.42. The standard InChI is InChI=1S/C14H28N4/c1-6-13-9-14(18(8-3)16-13)10-15-12(4)11-17(5)7-2/h9,12,15H,6-8,10-11H2,1-5H3. The molecule has 1 atom stereocenters. The molecule has 1 heterocycles. The molecule has 0 fully saturated rings. The van der Waals surface area contributed by atoms with Crippen molar-refractivity contribution in [3.05, 3.63) is 17.5 Å². The Morgan fingerprint density at radius 2 is 2.11 bits per heavy atom. The summed E-state index contributed by atoms with van der Waals surface area (Å²) in [6.07, 6.45) is 1.01. The lowest BCUT2D eigenvalue weighted by atomic mass is 10.2. The van der Waals surface area contributed by atoms with Crippen molar-refractivity contribution in [2.24, 2.45) is 0 Å². The summed E-state index contributed by atoms with van der Waals surface area (Å²) < 4.78 is 2.10. The zero-order valence-corrected chi connectivity index (χ0v) is 12.5. The predicted molar refractivity (Wildman–Crippen MR) is 76.8 cm³/mol. The van der Waals surface area contributed by atoms with Gasteiger partial charge in [0, 0.05) is 25.7 Å². The molecule has 1 rings (SSSR count). The maximum atomic E-state index is 4.57. The smallest absolute Gasteiger partial charge is 0.0625 e. The Morgan fingerprint density at radius 1 is 1.39 bits per heavy atom. The third-order valence-corrected chi connectivity index (χ3v) is 3.33. The Morgan fingerprint density at radius 3 is 2.67 bits per heavy atom. The molecular formula is C14H28N4. The third-order valence-electron chi connectivity index (χ3n) is 3.33. The van der Waals surface area contributed by atoms with Gasteiger partial charge in [-0.25, -0.2) is 0 Å². The molecule has 1 unspecified atom stereocenters. The van der Waals surface area contributed by atoms with Gasteiger partial charge in [0.1, 0.15) is 0 Å². The van der Waals surface area contributed by atoms with Crippen LogP contribution in [0.4, 0.5) is 0 Å². The molecule has 0 radical (unpaired) electrons. The van der Waals surface area contributed by atoms with Crippen LogP contribution in [-0.4, -0.2) is 40.9 Å². The van der Waals surface area contributed by atoms with Gasteiger partial charge in [-0.2, -0.15) is 5.10 Å². The van der Waals surface area contributed by atoms with Gasteiger partial charge in [0.15, 0.2) is 0 Å². The quantitative estimate of drug-likeness (QED) is 0.767. The van der Waals surface area contributed by atoms with Gasteiger partial charge in [0.25, 0.3) is 0 Å². The molecule has 104 valence electrons. The molecule has 0 aromatic carbocycles. The highest BCUT2D eigenvalue weighted by Gasteiger charge is 2.08. The second kappa shape index (κ2) is 7.54. The zero-order chi connectivity index (χ0) is 13.5. The molecule has 1 aromatic heterocycles. The summed E-state index contributed by atoms with van der Waals surface area (Å²) in [7, 11) is 2.16. The van der Waals surface area contributed by atoms with Gasteiger partial charge in [0.05, 0.1) is 11.4 Å². The van der Waals surface area contributed by atoms with E-state index < -0.39 is 0 Å². The first-order chi connectivity index (χ1) is 8.60. The van der Waals surface area contributed by atoms with Crippen LogP contribution in [-0.2, 0) is 19.5 Å². The minimum Gasteiger partial charge on any atom is -0.307 e. The van der Waals surface area contributed by atoms with Crippen LogP contribution in [0.3, 0.4) is 0 Å². The summed E-state index contributed by atoms with van der Waals surface area (Å²) in [6, 6.07) is 2.72. The van der Waals surface area contributed by atoms with Crippen molar-refractivity contribution in [2.45, 2.75) is 53.2 Å². The molecule has 0 saturated carbocycles. The van der Waals surface area contributed by atoms with Gasteiger partial charge in [-0.05, 0) is 39.9 Å². The second-order valence-electron chi connectivity index (χ2n) is 4.93. The molecular weight excluding hydrogens is 224 g/mol. The number of hydrogen-bond acceptors (Lipinski definition) is 3. The first-order valence-corrected chi connectivity index (χ1v) is 7.08. The van der Waals surface area contributed by atoms with Gasteiger partial charge >= 0.3 is 0 Å². The average molecular weight is 252 g/mol. The lowest BCUT2D eigenvalue weighted by Gasteiger charge is -2.20. The Balaban J connectivity index is 2.49. The fraction of sp³-hybridized carbons (Fsp3) is 0.786. The molecule has 1 aromatic rings. The number of nitrogens with one attached hydrogen (secondary N) is 1. The van der Waals surface area contributed by atoms with E-state index in [9.17, 15) is 0 Å². The van der Waals surface area contributed by atoms with E-state index in [1.807, 2.05) is 0 Å². The summed E-state index contributed by atoms with van der Waals surface area (Å²) in [4.78, 5) is 2.33. The number of hydrogen-bond donors (Lipinski definition) is 1. The molecule has 0 saturated heterocycles. The Kier molecular flexibility index (Phi) is 6.36. The van der Waals surface area contributed by atoms with Crippen molar-refractivity contribution < 1.29 is 0 Å². The van der Waals surface area contributed by atoms with E-state index in [0.29, 0.717) is 6.04 Å². The van der Waals surface area contributed by atoms with Gasteiger partial charge < -0.3 is 10.2 Å². The molecule has 0 spiro atoms. The first-order valence-electron chi connectivity index (χ1n) is 7.08. The Bertz CT molecular complexity index is 346. The van der Waals surface area contributed by atoms with Crippen LogP contribution in [0.15, 0.2) is 6.07 Å². The van der Waals surface area contributed by atoms with Crippen LogP contribution in [0.2, 0.25) is 0 Å². The summed E-state index contributed by atoms with van der Waals surface area (Å²) in [5.74, 6) is 0. The van der Waals surface area contributed by atoms with Crippen molar-refractivity contribution in [2.75, 3.05) is 20.1 Å². The topological polar surface area (TPSA) is 33.1 Å². The van der Waals surface area contributed by atoms with Gasteiger partial charge in [-0.1, -0.05) is 13.8 Å². The number of aryl methyl sites for hydroxylation is 2. The fourth-order valence-corrected chi connectivity index (χ4v) is 2.04. The molecule has 0 bridgehead atoms. The molecule has 18 heavy (non-hydrogen) atoms. The highest BCUT2D eigenvalue weighted by atomic mass is 15.3. The summed E-state index contributed by atoms with van der Waals surface area (Å²) in [5.41, 5.74) is 2.48. The highest BCUT2D eigenvalue weighted by Crippen LogP contribution is 2.05. The van der Waals surface area contributed by atoms with Crippen LogP contribution in [0.1, 0.15) is 39.1 Å². The highest BCUT2D eigenvalue weighted by molar-refractivity contribution is 5.10. The lowest BCUT2D eigenvalue weighted by molar-refractivity contribution is 0.308. The SMILES string of the molecule is CCc1cc(CNC(C)CN(C)CC)n(CC)n1. The summed E-state index contributed by atoms with van der Waals surface area (Å²) in [5, 5.41) is 8.14. The maximum Gasteiger partial charge on any atom is 0.0625 e. The van der Waals surface area contributed by atoms with Crippen LogP contribution in [0.5, 0.6) is 0 Å². The molecule has 4 nitrogen and oxygen atoms in total. The largest absolute Gasteiger partial charge is 0.307 e. The van der Waals surface area contributed by atoms with E-state index in [2.05, 4.69) is 60.8 Å². The Hall–Kier alpha value is -0.870. The molecule has 0 aliphatic carbocycles. The lowest BCUT2D eigenvalue weighted by Crippen LogP contribution is -2.37. The molecule has 1 N–H and O–H groups in total. The predicted octanol–water partition coefficient (Wildman–Crippen LogP) is 1.90.